The quantitative estimate of drug-likeness (QED) is 0.817. The summed E-state index contributed by atoms with van der Waals surface area (Å²) in [6.07, 6.45) is 6.13. The first-order chi connectivity index (χ1) is 7.15. The minimum Gasteiger partial charge on any atom is -0.352 e. The molecular formula is C12H19ClN2. The molecule has 1 fully saturated rings. The Morgan fingerprint density at radius 3 is 2.87 bits per heavy atom. The van der Waals surface area contributed by atoms with E-state index >= 15 is 0 Å². The number of rotatable bonds is 5. The normalized spacial score (nSPS) is 18.1. The standard InChI is InChI=1S/C12H19ClN2/c1-9(5-10-3-4-10)14-7-12-6-11(13)8-15(12)2/h6,8-10,14H,3-5,7H2,1-2H3. The zero-order valence-corrected chi connectivity index (χ0v) is 10.2. The lowest BCUT2D eigenvalue weighted by Gasteiger charge is -2.13. The minimum absolute atomic E-state index is 0.617. The van der Waals surface area contributed by atoms with Crippen molar-refractivity contribution in [3.8, 4) is 0 Å². The van der Waals surface area contributed by atoms with Crippen molar-refractivity contribution in [2.75, 3.05) is 0 Å². The topological polar surface area (TPSA) is 17.0 Å². The molecule has 0 aromatic carbocycles. The fourth-order valence-corrected chi connectivity index (χ4v) is 2.23. The number of nitrogens with zero attached hydrogens (tertiary/aromatic N) is 1. The summed E-state index contributed by atoms with van der Waals surface area (Å²) in [5, 5.41) is 4.37. The molecule has 2 rings (SSSR count). The van der Waals surface area contributed by atoms with Gasteiger partial charge in [-0.2, -0.15) is 0 Å². The average molecular weight is 227 g/mol. The van der Waals surface area contributed by atoms with Crippen molar-refractivity contribution >= 4 is 11.6 Å². The van der Waals surface area contributed by atoms with Gasteiger partial charge in [-0.15, -0.1) is 0 Å². The van der Waals surface area contributed by atoms with Crippen molar-refractivity contribution in [2.24, 2.45) is 13.0 Å². The first kappa shape index (κ1) is 11.0. The number of aromatic nitrogens is 1. The molecule has 15 heavy (non-hydrogen) atoms. The molecule has 1 atom stereocenters. The molecule has 1 aromatic rings. The molecular weight excluding hydrogens is 208 g/mol. The van der Waals surface area contributed by atoms with Gasteiger partial charge in [-0.3, -0.25) is 0 Å². The third-order valence-electron chi connectivity index (χ3n) is 3.09. The molecule has 0 saturated heterocycles. The second-order valence-corrected chi connectivity index (χ2v) is 5.16. The van der Waals surface area contributed by atoms with Gasteiger partial charge in [0, 0.05) is 31.5 Å². The van der Waals surface area contributed by atoms with E-state index in [1.54, 1.807) is 0 Å². The highest BCUT2D eigenvalue weighted by Crippen LogP contribution is 2.33. The molecule has 3 heteroatoms. The Morgan fingerprint density at radius 2 is 2.33 bits per heavy atom. The predicted octanol–water partition coefficient (Wildman–Crippen LogP) is 2.96. The molecule has 0 bridgehead atoms. The number of hydrogen-bond acceptors (Lipinski definition) is 1. The van der Waals surface area contributed by atoms with E-state index in [2.05, 4.69) is 16.8 Å². The van der Waals surface area contributed by atoms with E-state index in [9.17, 15) is 0 Å². The van der Waals surface area contributed by atoms with Gasteiger partial charge < -0.3 is 9.88 Å². The highest BCUT2D eigenvalue weighted by molar-refractivity contribution is 6.30. The van der Waals surface area contributed by atoms with Crippen LogP contribution in [0.3, 0.4) is 0 Å². The van der Waals surface area contributed by atoms with Crippen molar-refractivity contribution < 1.29 is 0 Å². The molecule has 1 aliphatic carbocycles. The van der Waals surface area contributed by atoms with Crippen molar-refractivity contribution in [3.05, 3.63) is 23.0 Å². The second kappa shape index (κ2) is 4.58. The van der Waals surface area contributed by atoms with Gasteiger partial charge in [0.2, 0.25) is 0 Å². The van der Waals surface area contributed by atoms with Crippen LogP contribution in [0.25, 0.3) is 0 Å². The third-order valence-corrected chi connectivity index (χ3v) is 3.30. The summed E-state index contributed by atoms with van der Waals surface area (Å²) >= 11 is 5.93. The largest absolute Gasteiger partial charge is 0.352 e. The zero-order chi connectivity index (χ0) is 10.8. The Hall–Kier alpha value is -0.470. The van der Waals surface area contributed by atoms with Gasteiger partial charge in [0.25, 0.3) is 0 Å². The van der Waals surface area contributed by atoms with Crippen LogP contribution >= 0.6 is 11.6 Å². The van der Waals surface area contributed by atoms with Crippen molar-refractivity contribution in [3.63, 3.8) is 0 Å². The fourth-order valence-electron chi connectivity index (χ4n) is 1.96. The van der Waals surface area contributed by atoms with Crippen LogP contribution in [0.4, 0.5) is 0 Å². The lowest BCUT2D eigenvalue weighted by molar-refractivity contribution is 0.480. The van der Waals surface area contributed by atoms with Gasteiger partial charge >= 0.3 is 0 Å². The van der Waals surface area contributed by atoms with E-state index in [1.165, 1.54) is 25.0 Å². The van der Waals surface area contributed by atoms with E-state index in [4.69, 9.17) is 11.6 Å². The van der Waals surface area contributed by atoms with Gasteiger partial charge in [0.15, 0.2) is 0 Å². The molecule has 1 saturated carbocycles. The highest BCUT2D eigenvalue weighted by Gasteiger charge is 2.23. The fraction of sp³-hybridized carbons (Fsp3) is 0.667. The number of nitrogens with one attached hydrogen (secondary N) is 1. The summed E-state index contributed by atoms with van der Waals surface area (Å²) in [5.41, 5.74) is 1.25. The summed E-state index contributed by atoms with van der Waals surface area (Å²) in [5.74, 6) is 0.990. The molecule has 1 aliphatic rings. The smallest absolute Gasteiger partial charge is 0.0585 e. The Balaban J connectivity index is 1.78. The van der Waals surface area contributed by atoms with E-state index in [0.29, 0.717) is 6.04 Å². The summed E-state index contributed by atoms with van der Waals surface area (Å²) in [6.45, 7) is 3.18. The van der Waals surface area contributed by atoms with Gasteiger partial charge in [-0.1, -0.05) is 24.4 Å². The van der Waals surface area contributed by atoms with Gasteiger partial charge in [-0.05, 0) is 25.3 Å². The summed E-state index contributed by atoms with van der Waals surface area (Å²) in [6, 6.07) is 2.64. The Bertz CT molecular complexity index is 328. The van der Waals surface area contributed by atoms with Gasteiger partial charge in [-0.25, -0.2) is 0 Å². The number of aryl methyl sites for hydroxylation is 1. The van der Waals surface area contributed by atoms with Crippen LogP contribution in [0, 0.1) is 5.92 Å². The molecule has 0 spiro atoms. The van der Waals surface area contributed by atoms with Crippen molar-refractivity contribution in [1.82, 2.24) is 9.88 Å². The monoisotopic (exact) mass is 226 g/mol. The lowest BCUT2D eigenvalue weighted by Crippen LogP contribution is -2.26. The van der Waals surface area contributed by atoms with Crippen molar-refractivity contribution in [1.29, 1.82) is 0 Å². The first-order valence-electron chi connectivity index (χ1n) is 5.69. The maximum absolute atomic E-state index is 5.93. The van der Waals surface area contributed by atoms with Crippen LogP contribution in [-0.2, 0) is 13.6 Å². The molecule has 1 aromatic heterocycles. The van der Waals surface area contributed by atoms with E-state index in [0.717, 1.165) is 17.5 Å². The highest BCUT2D eigenvalue weighted by atomic mass is 35.5. The third kappa shape index (κ3) is 3.25. The van der Waals surface area contributed by atoms with Crippen LogP contribution in [0.5, 0.6) is 0 Å². The number of halogens is 1. The van der Waals surface area contributed by atoms with Gasteiger partial charge in [0.05, 0.1) is 5.02 Å². The van der Waals surface area contributed by atoms with E-state index in [-0.39, 0.29) is 0 Å². The molecule has 0 amide bonds. The Morgan fingerprint density at radius 1 is 1.60 bits per heavy atom. The van der Waals surface area contributed by atoms with E-state index < -0.39 is 0 Å². The molecule has 1 unspecified atom stereocenters. The summed E-state index contributed by atoms with van der Waals surface area (Å²) in [7, 11) is 2.04. The summed E-state index contributed by atoms with van der Waals surface area (Å²) in [4.78, 5) is 0. The minimum atomic E-state index is 0.617. The Labute approximate surface area is 96.6 Å². The molecule has 1 N–H and O–H groups in total. The molecule has 2 nitrogen and oxygen atoms in total. The van der Waals surface area contributed by atoms with Crippen molar-refractivity contribution in [2.45, 2.75) is 38.8 Å². The Kier molecular flexibility index (Phi) is 3.37. The molecule has 0 aliphatic heterocycles. The van der Waals surface area contributed by atoms with E-state index in [1.807, 2.05) is 19.3 Å². The van der Waals surface area contributed by atoms with Gasteiger partial charge in [0.1, 0.15) is 0 Å². The van der Waals surface area contributed by atoms with Crippen LogP contribution < -0.4 is 5.32 Å². The van der Waals surface area contributed by atoms with Crippen LogP contribution in [0.15, 0.2) is 12.3 Å². The maximum atomic E-state index is 5.93. The predicted molar refractivity (Wildman–Crippen MR) is 64.1 cm³/mol. The molecule has 1 heterocycles. The van der Waals surface area contributed by atoms with Crippen LogP contribution in [0.2, 0.25) is 5.02 Å². The zero-order valence-electron chi connectivity index (χ0n) is 9.46. The SMILES string of the molecule is CC(CC1CC1)NCc1cc(Cl)cn1C. The van der Waals surface area contributed by atoms with Crippen LogP contribution in [-0.4, -0.2) is 10.6 Å². The second-order valence-electron chi connectivity index (χ2n) is 4.72. The molecule has 0 radical (unpaired) electrons. The van der Waals surface area contributed by atoms with Crippen LogP contribution in [0.1, 0.15) is 31.9 Å². The average Bonchev–Trinajstić information content (AvgIpc) is 2.89. The molecule has 84 valence electrons. The maximum Gasteiger partial charge on any atom is 0.0585 e. The summed E-state index contributed by atoms with van der Waals surface area (Å²) < 4.78 is 2.08. The first-order valence-corrected chi connectivity index (χ1v) is 6.07. The lowest BCUT2D eigenvalue weighted by atomic mass is 10.1. The number of hydrogen-bond donors (Lipinski definition) is 1.